The summed E-state index contributed by atoms with van der Waals surface area (Å²) < 4.78 is 5.88. The summed E-state index contributed by atoms with van der Waals surface area (Å²) in [6.45, 7) is 1.55. The van der Waals surface area contributed by atoms with E-state index < -0.39 is 0 Å². The number of benzene rings is 1. The molecule has 0 N–H and O–H groups in total. The minimum atomic E-state index is -0.249. The standard InChI is InChI=1S/C20H18N4O2/c25-20(15-5-2-1-3-6-15)24-9-10-26-19(13-24)18-8-4-7-17(23-18)16-11-21-14-22-12-16/h1-8,11-12,14,19H,9-10,13H2/t19-/m1/s1. The Kier molecular flexibility index (Phi) is 4.66. The minimum absolute atomic E-state index is 0.0199. The average molecular weight is 346 g/mol. The van der Waals surface area contributed by atoms with Gasteiger partial charge in [0.25, 0.3) is 5.91 Å². The maximum Gasteiger partial charge on any atom is 0.254 e. The fourth-order valence-corrected chi connectivity index (χ4v) is 3.00. The van der Waals surface area contributed by atoms with Gasteiger partial charge in [0, 0.05) is 30.1 Å². The fourth-order valence-electron chi connectivity index (χ4n) is 3.00. The number of carbonyl (C=O) groups excluding carboxylic acids is 1. The fraction of sp³-hybridized carbons (Fsp3) is 0.200. The molecule has 1 atom stereocenters. The zero-order valence-electron chi connectivity index (χ0n) is 14.2. The molecular weight excluding hydrogens is 328 g/mol. The van der Waals surface area contributed by atoms with Crippen LogP contribution in [-0.2, 0) is 4.74 Å². The zero-order chi connectivity index (χ0) is 17.8. The van der Waals surface area contributed by atoms with E-state index in [9.17, 15) is 4.79 Å². The van der Waals surface area contributed by atoms with Gasteiger partial charge in [-0.3, -0.25) is 4.79 Å². The van der Waals surface area contributed by atoms with Crippen LogP contribution in [0.3, 0.4) is 0 Å². The van der Waals surface area contributed by atoms with Crippen LogP contribution in [0.4, 0.5) is 0 Å². The summed E-state index contributed by atoms with van der Waals surface area (Å²) in [6, 6.07) is 15.1. The second-order valence-electron chi connectivity index (χ2n) is 6.05. The lowest BCUT2D eigenvalue weighted by Crippen LogP contribution is -2.42. The van der Waals surface area contributed by atoms with Crippen molar-refractivity contribution in [1.29, 1.82) is 0 Å². The van der Waals surface area contributed by atoms with E-state index in [1.807, 2.05) is 53.4 Å². The smallest absolute Gasteiger partial charge is 0.254 e. The molecule has 3 heterocycles. The predicted octanol–water partition coefficient (Wildman–Crippen LogP) is 2.75. The Morgan fingerprint density at radius 3 is 2.65 bits per heavy atom. The third-order valence-corrected chi connectivity index (χ3v) is 4.33. The van der Waals surface area contributed by atoms with Gasteiger partial charge in [0.1, 0.15) is 12.4 Å². The molecule has 0 aliphatic carbocycles. The van der Waals surface area contributed by atoms with Crippen LogP contribution in [0.1, 0.15) is 22.2 Å². The molecule has 6 nitrogen and oxygen atoms in total. The molecule has 0 spiro atoms. The molecule has 3 aromatic rings. The highest BCUT2D eigenvalue weighted by atomic mass is 16.5. The number of pyridine rings is 1. The van der Waals surface area contributed by atoms with Gasteiger partial charge in [-0.25, -0.2) is 15.0 Å². The summed E-state index contributed by atoms with van der Waals surface area (Å²) in [5.41, 5.74) is 3.13. The molecule has 1 amide bonds. The van der Waals surface area contributed by atoms with Crippen LogP contribution in [-0.4, -0.2) is 45.5 Å². The lowest BCUT2D eigenvalue weighted by molar-refractivity contribution is -0.0246. The molecule has 0 radical (unpaired) electrons. The summed E-state index contributed by atoms with van der Waals surface area (Å²) in [6.07, 6.45) is 4.70. The molecule has 0 bridgehead atoms. The Morgan fingerprint density at radius 2 is 1.85 bits per heavy atom. The molecule has 2 aromatic heterocycles. The molecule has 1 aliphatic rings. The number of carbonyl (C=O) groups is 1. The van der Waals surface area contributed by atoms with E-state index in [1.54, 1.807) is 12.4 Å². The SMILES string of the molecule is O=C(c1ccccc1)N1CCO[C@@H](c2cccc(-c3cncnc3)n2)C1. The van der Waals surface area contributed by atoms with Gasteiger partial charge in [0.05, 0.1) is 24.5 Å². The topological polar surface area (TPSA) is 68.2 Å². The van der Waals surface area contributed by atoms with Crippen molar-refractivity contribution in [2.75, 3.05) is 19.7 Å². The van der Waals surface area contributed by atoms with Crippen LogP contribution < -0.4 is 0 Å². The van der Waals surface area contributed by atoms with Crippen molar-refractivity contribution in [3.63, 3.8) is 0 Å². The maximum absolute atomic E-state index is 12.7. The third kappa shape index (κ3) is 3.45. The van der Waals surface area contributed by atoms with Crippen molar-refractivity contribution in [3.8, 4) is 11.3 Å². The van der Waals surface area contributed by atoms with E-state index in [1.165, 1.54) is 6.33 Å². The van der Waals surface area contributed by atoms with Gasteiger partial charge in [-0.15, -0.1) is 0 Å². The molecule has 130 valence electrons. The van der Waals surface area contributed by atoms with Crippen molar-refractivity contribution >= 4 is 5.91 Å². The van der Waals surface area contributed by atoms with Crippen molar-refractivity contribution in [2.24, 2.45) is 0 Å². The Bertz CT molecular complexity index is 887. The summed E-state index contributed by atoms with van der Waals surface area (Å²) in [7, 11) is 0. The number of rotatable bonds is 3. The van der Waals surface area contributed by atoms with Gasteiger partial charge in [-0.1, -0.05) is 24.3 Å². The van der Waals surface area contributed by atoms with Crippen LogP contribution in [0, 0.1) is 0 Å². The van der Waals surface area contributed by atoms with Gasteiger partial charge in [-0.2, -0.15) is 0 Å². The first-order chi connectivity index (χ1) is 12.8. The molecule has 1 aromatic carbocycles. The summed E-state index contributed by atoms with van der Waals surface area (Å²) >= 11 is 0. The molecule has 1 fully saturated rings. The summed E-state index contributed by atoms with van der Waals surface area (Å²) in [5.74, 6) is 0.0199. The number of morpholine rings is 1. The second-order valence-corrected chi connectivity index (χ2v) is 6.05. The van der Waals surface area contributed by atoms with E-state index in [0.29, 0.717) is 25.3 Å². The average Bonchev–Trinajstić information content (AvgIpc) is 2.75. The normalized spacial score (nSPS) is 17.1. The maximum atomic E-state index is 12.7. The number of aromatic nitrogens is 3. The highest BCUT2D eigenvalue weighted by Crippen LogP contribution is 2.24. The van der Waals surface area contributed by atoms with E-state index in [-0.39, 0.29) is 12.0 Å². The monoisotopic (exact) mass is 346 g/mol. The van der Waals surface area contributed by atoms with Crippen molar-refractivity contribution in [1.82, 2.24) is 19.9 Å². The van der Waals surface area contributed by atoms with Crippen molar-refractivity contribution in [2.45, 2.75) is 6.10 Å². The molecule has 4 rings (SSSR count). The first kappa shape index (κ1) is 16.4. The summed E-state index contributed by atoms with van der Waals surface area (Å²) in [4.78, 5) is 27.3. The van der Waals surface area contributed by atoms with Gasteiger partial charge < -0.3 is 9.64 Å². The zero-order valence-corrected chi connectivity index (χ0v) is 14.2. The van der Waals surface area contributed by atoms with Crippen LogP contribution in [0.15, 0.2) is 67.3 Å². The Balaban J connectivity index is 1.54. The van der Waals surface area contributed by atoms with Gasteiger partial charge in [0.2, 0.25) is 0 Å². The van der Waals surface area contributed by atoms with E-state index in [2.05, 4.69) is 9.97 Å². The largest absolute Gasteiger partial charge is 0.368 e. The Morgan fingerprint density at radius 1 is 1.04 bits per heavy atom. The van der Waals surface area contributed by atoms with Gasteiger partial charge in [0.15, 0.2) is 0 Å². The van der Waals surface area contributed by atoms with E-state index in [0.717, 1.165) is 17.0 Å². The number of nitrogens with zero attached hydrogens (tertiary/aromatic N) is 4. The number of hydrogen-bond donors (Lipinski definition) is 0. The van der Waals surface area contributed by atoms with Crippen LogP contribution >= 0.6 is 0 Å². The molecule has 1 saturated heterocycles. The minimum Gasteiger partial charge on any atom is -0.368 e. The van der Waals surface area contributed by atoms with Crippen LogP contribution in [0.5, 0.6) is 0 Å². The number of amides is 1. The van der Waals surface area contributed by atoms with Gasteiger partial charge in [-0.05, 0) is 24.3 Å². The molecule has 0 saturated carbocycles. The highest BCUT2D eigenvalue weighted by molar-refractivity contribution is 5.94. The summed E-state index contributed by atoms with van der Waals surface area (Å²) in [5, 5.41) is 0. The first-order valence-electron chi connectivity index (χ1n) is 8.49. The first-order valence-corrected chi connectivity index (χ1v) is 8.49. The lowest BCUT2D eigenvalue weighted by atomic mass is 10.1. The van der Waals surface area contributed by atoms with Crippen molar-refractivity contribution in [3.05, 3.63) is 78.5 Å². The lowest BCUT2D eigenvalue weighted by Gasteiger charge is -2.32. The molecular formula is C20H18N4O2. The molecule has 0 unspecified atom stereocenters. The van der Waals surface area contributed by atoms with Crippen LogP contribution in [0.2, 0.25) is 0 Å². The number of hydrogen-bond acceptors (Lipinski definition) is 5. The van der Waals surface area contributed by atoms with Crippen molar-refractivity contribution < 1.29 is 9.53 Å². The van der Waals surface area contributed by atoms with Crippen LogP contribution in [0.25, 0.3) is 11.3 Å². The Hall–Kier alpha value is -3.12. The quantitative estimate of drug-likeness (QED) is 0.729. The molecule has 6 heteroatoms. The third-order valence-electron chi connectivity index (χ3n) is 4.33. The van der Waals surface area contributed by atoms with E-state index in [4.69, 9.17) is 9.72 Å². The molecule has 1 aliphatic heterocycles. The Labute approximate surface area is 151 Å². The van der Waals surface area contributed by atoms with Gasteiger partial charge >= 0.3 is 0 Å². The molecule has 26 heavy (non-hydrogen) atoms. The predicted molar refractivity (Wildman–Crippen MR) is 96.3 cm³/mol. The van der Waals surface area contributed by atoms with E-state index >= 15 is 0 Å². The highest BCUT2D eigenvalue weighted by Gasteiger charge is 2.27. The number of ether oxygens (including phenoxy) is 1. The second kappa shape index (κ2) is 7.41.